The van der Waals surface area contributed by atoms with E-state index >= 15 is 0 Å². The summed E-state index contributed by atoms with van der Waals surface area (Å²) >= 11 is 1.49. The quantitative estimate of drug-likeness (QED) is 0.446. The molecule has 1 amide bonds. The highest BCUT2D eigenvalue weighted by Gasteiger charge is 2.14. The zero-order valence-electron chi connectivity index (χ0n) is 15.7. The average molecular weight is 388 g/mol. The summed E-state index contributed by atoms with van der Waals surface area (Å²) in [4.78, 5) is 13.5. The van der Waals surface area contributed by atoms with Gasteiger partial charge in [-0.25, -0.2) is 0 Å². The molecule has 0 aliphatic heterocycles. The third kappa shape index (κ3) is 5.15. The van der Waals surface area contributed by atoms with E-state index in [4.69, 9.17) is 4.42 Å². The highest BCUT2D eigenvalue weighted by Crippen LogP contribution is 2.30. The van der Waals surface area contributed by atoms with Crippen LogP contribution in [0.2, 0.25) is 0 Å². The van der Waals surface area contributed by atoms with Gasteiger partial charge in [0.15, 0.2) is 5.09 Å². The summed E-state index contributed by atoms with van der Waals surface area (Å²) < 4.78 is 5.75. The van der Waals surface area contributed by atoms with Crippen LogP contribution in [-0.4, -0.2) is 5.91 Å². The van der Waals surface area contributed by atoms with E-state index in [1.807, 2.05) is 80.6 Å². The molecule has 0 bridgehead atoms. The third-order valence-corrected chi connectivity index (χ3v) is 5.07. The van der Waals surface area contributed by atoms with E-state index in [1.54, 1.807) is 6.07 Å². The van der Waals surface area contributed by atoms with Crippen molar-refractivity contribution in [2.75, 3.05) is 0 Å². The SMILES string of the molecule is Cc1ccc(Sc2ccc(/C=C(/C#N)C(=O)N[C@@H](C)c3ccccc3)o2)cc1. The monoisotopic (exact) mass is 388 g/mol. The summed E-state index contributed by atoms with van der Waals surface area (Å²) in [7, 11) is 0. The van der Waals surface area contributed by atoms with Crippen molar-refractivity contribution in [3.05, 3.63) is 89.2 Å². The molecule has 0 saturated carbocycles. The molecule has 5 heteroatoms. The zero-order chi connectivity index (χ0) is 19.9. The van der Waals surface area contributed by atoms with Crippen molar-refractivity contribution in [2.24, 2.45) is 0 Å². The number of nitrogens with one attached hydrogen (secondary N) is 1. The molecule has 0 unspecified atom stereocenters. The Bertz CT molecular complexity index is 1010. The Morgan fingerprint density at radius 1 is 1.11 bits per heavy atom. The van der Waals surface area contributed by atoms with Gasteiger partial charge in [-0.2, -0.15) is 5.26 Å². The van der Waals surface area contributed by atoms with Crippen LogP contribution in [0.1, 0.15) is 29.9 Å². The number of carbonyl (C=O) groups excluding carboxylic acids is 1. The van der Waals surface area contributed by atoms with Gasteiger partial charge in [0.25, 0.3) is 5.91 Å². The van der Waals surface area contributed by atoms with E-state index in [-0.39, 0.29) is 11.6 Å². The number of hydrogen-bond donors (Lipinski definition) is 1. The van der Waals surface area contributed by atoms with E-state index in [0.29, 0.717) is 10.9 Å². The van der Waals surface area contributed by atoms with Crippen molar-refractivity contribution in [3.63, 3.8) is 0 Å². The number of benzene rings is 2. The van der Waals surface area contributed by atoms with E-state index in [1.165, 1.54) is 23.4 Å². The molecule has 0 radical (unpaired) electrons. The van der Waals surface area contributed by atoms with Crippen LogP contribution in [0.3, 0.4) is 0 Å². The summed E-state index contributed by atoms with van der Waals surface area (Å²) in [5.41, 5.74) is 2.17. The standard InChI is InChI=1S/C23H20N2O2S/c1-16-8-11-21(12-9-16)28-22-13-10-20(27-22)14-19(15-24)23(26)25-17(2)18-6-4-3-5-7-18/h3-14,17H,1-2H3,(H,25,26)/b19-14-/t17-/m0/s1. The van der Waals surface area contributed by atoms with Crippen LogP contribution in [0, 0.1) is 18.3 Å². The molecule has 1 aromatic heterocycles. The van der Waals surface area contributed by atoms with Crippen molar-refractivity contribution in [1.29, 1.82) is 5.26 Å². The number of carbonyl (C=O) groups is 1. The highest BCUT2D eigenvalue weighted by molar-refractivity contribution is 7.99. The average Bonchev–Trinajstić information content (AvgIpc) is 3.15. The fourth-order valence-corrected chi connectivity index (χ4v) is 3.36. The third-order valence-electron chi connectivity index (χ3n) is 4.14. The molecular formula is C23H20N2O2S. The van der Waals surface area contributed by atoms with Crippen LogP contribution in [0.15, 0.2) is 86.7 Å². The molecule has 0 aliphatic carbocycles. The second kappa shape index (κ2) is 9.12. The number of aryl methyl sites for hydroxylation is 1. The van der Waals surface area contributed by atoms with Crippen molar-refractivity contribution in [2.45, 2.75) is 29.9 Å². The lowest BCUT2D eigenvalue weighted by Gasteiger charge is -2.13. The number of furan rings is 1. The van der Waals surface area contributed by atoms with Crippen LogP contribution in [-0.2, 0) is 4.79 Å². The van der Waals surface area contributed by atoms with Crippen molar-refractivity contribution in [1.82, 2.24) is 5.32 Å². The molecule has 140 valence electrons. The van der Waals surface area contributed by atoms with Crippen LogP contribution < -0.4 is 5.32 Å². The zero-order valence-corrected chi connectivity index (χ0v) is 16.5. The molecule has 0 saturated heterocycles. The van der Waals surface area contributed by atoms with Gasteiger partial charge in [-0.05, 0) is 43.7 Å². The van der Waals surface area contributed by atoms with E-state index in [2.05, 4.69) is 5.32 Å². The molecule has 1 atom stereocenters. The normalized spacial score (nSPS) is 12.2. The lowest BCUT2D eigenvalue weighted by atomic mass is 10.1. The molecule has 0 spiro atoms. The minimum atomic E-state index is -0.428. The predicted molar refractivity (Wildman–Crippen MR) is 111 cm³/mol. The second-order valence-corrected chi connectivity index (χ2v) is 7.43. The first-order valence-electron chi connectivity index (χ1n) is 8.87. The Morgan fingerprint density at radius 3 is 2.50 bits per heavy atom. The first kappa shape index (κ1) is 19.5. The van der Waals surface area contributed by atoms with Gasteiger partial charge < -0.3 is 9.73 Å². The van der Waals surface area contributed by atoms with Gasteiger partial charge in [0, 0.05) is 11.0 Å². The van der Waals surface area contributed by atoms with Gasteiger partial charge in [-0.15, -0.1) is 0 Å². The molecular weight excluding hydrogens is 368 g/mol. The van der Waals surface area contributed by atoms with Crippen LogP contribution in [0.25, 0.3) is 6.08 Å². The first-order chi connectivity index (χ1) is 13.5. The van der Waals surface area contributed by atoms with Crippen molar-refractivity contribution < 1.29 is 9.21 Å². The van der Waals surface area contributed by atoms with E-state index in [0.717, 1.165) is 10.5 Å². The van der Waals surface area contributed by atoms with Gasteiger partial charge in [0.2, 0.25) is 0 Å². The Hall–Kier alpha value is -3.23. The Balaban J connectivity index is 1.68. The number of amides is 1. The summed E-state index contributed by atoms with van der Waals surface area (Å²) in [6, 6.07) is 23.1. The molecule has 1 N–H and O–H groups in total. The second-order valence-electron chi connectivity index (χ2n) is 6.35. The molecule has 0 fully saturated rings. The fourth-order valence-electron chi connectivity index (χ4n) is 2.58. The van der Waals surface area contributed by atoms with Gasteiger partial charge in [-0.3, -0.25) is 4.79 Å². The van der Waals surface area contributed by atoms with Crippen LogP contribution >= 0.6 is 11.8 Å². The lowest BCUT2D eigenvalue weighted by molar-refractivity contribution is -0.117. The van der Waals surface area contributed by atoms with Crippen LogP contribution in [0.5, 0.6) is 0 Å². The van der Waals surface area contributed by atoms with Gasteiger partial charge in [0.05, 0.1) is 6.04 Å². The topological polar surface area (TPSA) is 66.0 Å². The summed E-state index contributed by atoms with van der Waals surface area (Å²) in [5.74, 6) is 0.0386. The first-order valence-corrected chi connectivity index (χ1v) is 9.69. The molecule has 2 aromatic carbocycles. The number of nitrogens with zero attached hydrogens (tertiary/aromatic N) is 1. The Labute approximate surface area is 168 Å². The van der Waals surface area contributed by atoms with Crippen molar-refractivity contribution in [3.8, 4) is 6.07 Å². The Morgan fingerprint density at radius 2 is 1.82 bits per heavy atom. The minimum absolute atomic E-state index is 0.00372. The summed E-state index contributed by atoms with van der Waals surface area (Å²) in [5, 5.41) is 12.9. The van der Waals surface area contributed by atoms with Gasteiger partial charge in [0.1, 0.15) is 17.4 Å². The Kier molecular flexibility index (Phi) is 6.36. The van der Waals surface area contributed by atoms with E-state index in [9.17, 15) is 10.1 Å². The minimum Gasteiger partial charge on any atom is -0.450 e. The van der Waals surface area contributed by atoms with Gasteiger partial charge >= 0.3 is 0 Å². The maximum absolute atomic E-state index is 12.4. The maximum atomic E-state index is 12.4. The van der Waals surface area contributed by atoms with E-state index < -0.39 is 5.91 Å². The smallest absolute Gasteiger partial charge is 0.262 e. The number of nitriles is 1. The van der Waals surface area contributed by atoms with Gasteiger partial charge in [-0.1, -0.05) is 59.8 Å². The number of hydrogen-bond acceptors (Lipinski definition) is 4. The molecule has 3 rings (SSSR count). The largest absolute Gasteiger partial charge is 0.450 e. The van der Waals surface area contributed by atoms with Crippen molar-refractivity contribution >= 4 is 23.7 Å². The maximum Gasteiger partial charge on any atom is 0.262 e. The summed E-state index contributed by atoms with van der Waals surface area (Å²) in [6.07, 6.45) is 1.46. The number of rotatable bonds is 6. The van der Waals surface area contributed by atoms with Crippen LogP contribution in [0.4, 0.5) is 0 Å². The predicted octanol–water partition coefficient (Wildman–Crippen LogP) is 5.52. The highest BCUT2D eigenvalue weighted by atomic mass is 32.2. The molecule has 0 aliphatic rings. The molecule has 4 nitrogen and oxygen atoms in total. The molecule has 3 aromatic rings. The molecule has 1 heterocycles. The fraction of sp³-hybridized carbons (Fsp3) is 0.130. The lowest BCUT2D eigenvalue weighted by Crippen LogP contribution is -2.27. The molecule has 28 heavy (non-hydrogen) atoms. The summed E-state index contributed by atoms with van der Waals surface area (Å²) in [6.45, 7) is 3.92.